The zero-order valence-electron chi connectivity index (χ0n) is 7.36. The summed E-state index contributed by atoms with van der Waals surface area (Å²) in [5, 5.41) is 0. The van der Waals surface area contributed by atoms with E-state index < -0.39 is 0 Å². The van der Waals surface area contributed by atoms with E-state index >= 15 is 0 Å². The highest BCUT2D eigenvalue weighted by Crippen LogP contribution is 2.21. The molecule has 0 aromatic carbocycles. The number of hydrogen-bond donors (Lipinski definition) is 1. The fourth-order valence-corrected chi connectivity index (χ4v) is 2.05. The van der Waals surface area contributed by atoms with Gasteiger partial charge in [0.1, 0.15) is 0 Å². The van der Waals surface area contributed by atoms with E-state index in [0.717, 1.165) is 19.6 Å². The molecule has 1 rings (SSSR count). The minimum absolute atomic E-state index is 0.101. The molecule has 0 radical (unpaired) electrons. The minimum atomic E-state index is 0.101. The number of hydrogen-bond acceptors (Lipinski definition) is 3. The van der Waals surface area contributed by atoms with Gasteiger partial charge < -0.3 is 4.90 Å². The predicted molar refractivity (Wildman–Crippen MR) is 55.1 cm³/mol. The summed E-state index contributed by atoms with van der Waals surface area (Å²) in [6, 6.07) is 0.101. The summed E-state index contributed by atoms with van der Waals surface area (Å²) in [5.74, 6) is 0.541. The van der Waals surface area contributed by atoms with Gasteiger partial charge in [-0.3, -0.25) is 4.31 Å². The van der Waals surface area contributed by atoms with Gasteiger partial charge in [-0.25, -0.2) is 4.79 Å². The Bertz CT molecular complexity index is 175. The van der Waals surface area contributed by atoms with Gasteiger partial charge in [-0.15, -0.1) is 0 Å². The van der Waals surface area contributed by atoms with Gasteiger partial charge in [-0.05, 0) is 5.92 Å². The number of rotatable bonds is 3. The molecule has 0 N–H and O–H groups in total. The van der Waals surface area contributed by atoms with Crippen molar-refractivity contribution in [3.8, 4) is 0 Å². The fourth-order valence-electron chi connectivity index (χ4n) is 1.25. The molecular weight excluding hydrogens is 192 g/mol. The maximum atomic E-state index is 11.5. The van der Waals surface area contributed by atoms with Crippen LogP contribution in [0.2, 0.25) is 0 Å². The third-order valence-electron chi connectivity index (χ3n) is 1.74. The van der Waals surface area contributed by atoms with Crippen LogP contribution in [0.3, 0.4) is 0 Å². The molecule has 1 aliphatic rings. The van der Waals surface area contributed by atoms with Crippen LogP contribution in [0, 0.1) is 5.92 Å². The minimum Gasteiger partial charge on any atom is -0.322 e. The highest BCUT2D eigenvalue weighted by molar-refractivity contribution is 8.67. The molecule has 5 heteroatoms. The van der Waals surface area contributed by atoms with E-state index in [2.05, 4.69) is 25.5 Å². The van der Waals surface area contributed by atoms with E-state index in [-0.39, 0.29) is 6.03 Å². The van der Waals surface area contributed by atoms with Crippen molar-refractivity contribution in [1.29, 1.82) is 0 Å². The van der Waals surface area contributed by atoms with Crippen LogP contribution in [-0.2, 0) is 0 Å². The first-order valence-corrected chi connectivity index (χ1v) is 5.85. The molecular formula is C7H14N2OS2. The van der Waals surface area contributed by atoms with Crippen LogP contribution < -0.4 is 0 Å². The van der Waals surface area contributed by atoms with Gasteiger partial charge in [0.2, 0.25) is 0 Å². The first-order valence-electron chi connectivity index (χ1n) is 4.03. The van der Waals surface area contributed by atoms with E-state index in [1.165, 1.54) is 11.0 Å². The molecule has 1 aliphatic heterocycles. The summed E-state index contributed by atoms with van der Waals surface area (Å²) in [4.78, 5) is 13.3. The third kappa shape index (κ3) is 2.23. The first kappa shape index (κ1) is 10.1. The van der Waals surface area contributed by atoms with Crippen LogP contribution in [0.25, 0.3) is 0 Å². The lowest BCUT2D eigenvalue weighted by Crippen LogP contribution is -2.31. The highest BCUT2D eigenvalue weighted by Gasteiger charge is 2.28. The topological polar surface area (TPSA) is 23.6 Å². The second-order valence-corrected chi connectivity index (χ2v) is 4.40. The Balaban J connectivity index is 2.44. The van der Waals surface area contributed by atoms with Crippen molar-refractivity contribution >= 4 is 28.7 Å². The van der Waals surface area contributed by atoms with E-state index in [0.29, 0.717) is 5.92 Å². The van der Waals surface area contributed by atoms with E-state index in [1.807, 2.05) is 4.90 Å². The van der Waals surface area contributed by atoms with E-state index in [9.17, 15) is 4.79 Å². The molecule has 0 saturated carbocycles. The Labute approximate surface area is 82.4 Å². The zero-order valence-corrected chi connectivity index (χ0v) is 9.07. The SMILES string of the molecule is CC(C)CN1CCN(SS)C1=O. The lowest BCUT2D eigenvalue weighted by Gasteiger charge is -2.17. The number of nitrogens with zero attached hydrogens (tertiary/aromatic N) is 2. The van der Waals surface area contributed by atoms with Crippen molar-refractivity contribution in [1.82, 2.24) is 9.21 Å². The van der Waals surface area contributed by atoms with Crippen molar-refractivity contribution in [3.05, 3.63) is 0 Å². The summed E-state index contributed by atoms with van der Waals surface area (Å²) in [5.41, 5.74) is 0. The molecule has 1 fully saturated rings. The van der Waals surface area contributed by atoms with Gasteiger partial charge >= 0.3 is 6.03 Å². The molecule has 1 saturated heterocycles. The molecule has 0 bridgehead atoms. The largest absolute Gasteiger partial charge is 0.330 e. The summed E-state index contributed by atoms with van der Waals surface area (Å²) in [7, 11) is 1.21. The molecule has 0 atom stereocenters. The van der Waals surface area contributed by atoms with E-state index in [1.54, 1.807) is 4.31 Å². The Kier molecular flexibility index (Phi) is 3.58. The summed E-state index contributed by atoms with van der Waals surface area (Å²) in [6.45, 7) is 6.71. The molecule has 0 aromatic heterocycles. The van der Waals surface area contributed by atoms with Gasteiger partial charge in [0.05, 0.1) is 6.54 Å². The standard InChI is InChI=1S/C7H14N2OS2/c1-6(2)5-8-3-4-9(12-11)7(8)10/h6,11H,3-5H2,1-2H3. The second-order valence-electron chi connectivity index (χ2n) is 3.31. The van der Waals surface area contributed by atoms with Crippen molar-refractivity contribution in [2.24, 2.45) is 5.92 Å². The zero-order chi connectivity index (χ0) is 9.14. The van der Waals surface area contributed by atoms with Crippen LogP contribution in [-0.4, -0.2) is 34.9 Å². The van der Waals surface area contributed by atoms with Gasteiger partial charge in [-0.2, -0.15) is 0 Å². The normalized spacial score (nSPS) is 18.2. The number of amides is 2. The van der Waals surface area contributed by atoms with Crippen molar-refractivity contribution < 1.29 is 4.79 Å². The lowest BCUT2D eigenvalue weighted by atomic mass is 10.2. The molecule has 0 unspecified atom stereocenters. The average Bonchev–Trinajstić information content (AvgIpc) is 2.32. The smallest absolute Gasteiger partial charge is 0.322 e. The van der Waals surface area contributed by atoms with Crippen molar-refractivity contribution in [2.75, 3.05) is 19.6 Å². The van der Waals surface area contributed by atoms with Crippen LogP contribution in [0.15, 0.2) is 0 Å². The molecule has 1 heterocycles. The monoisotopic (exact) mass is 206 g/mol. The molecule has 3 nitrogen and oxygen atoms in total. The molecule has 12 heavy (non-hydrogen) atoms. The molecule has 0 spiro atoms. The number of carbonyl (C=O) groups excluding carboxylic acids is 1. The van der Waals surface area contributed by atoms with Crippen LogP contribution in [0.4, 0.5) is 4.79 Å². The molecule has 0 aromatic rings. The summed E-state index contributed by atoms with van der Waals surface area (Å²) < 4.78 is 1.67. The average molecular weight is 206 g/mol. The Morgan fingerprint density at radius 3 is 2.67 bits per heavy atom. The fraction of sp³-hybridized carbons (Fsp3) is 0.857. The second kappa shape index (κ2) is 4.28. The first-order chi connectivity index (χ1) is 5.65. The lowest BCUT2D eigenvalue weighted by molar-refractivity contribution is 0.203. The third-order valence-corrected chi connectivity index (χ3v) is 2.87. The maximum absolute atomic E-state index is 11.5. The summed E-state index contributed by atoms with van der Waals surface area (Å²) >= 11 is 4.00. The van der Waals surface area contributed by atoms with Crippen molar-refractivity contribution in [2.45, 2.75) is 13.8 Å². The maximum Gasteiger partial charge on any atom is 0.330 e. The summed E-state index contributed by atoms with van der Waals surface area (Å²) in [6.07, 6.45) is 0. The van der Waals surface area contributed by atoms with Crippen LogP contribution in [0.5, 0.6) is 0 Å². The number of urea groups is 1. The van der Waals surface area contributed by atoms with Gasteiger partial charge in [0.25, 0.3) is 0 Å². The quantitative estimate of drug-likeness (QED) is 0.433. The van der Waals surface area contributed by atoms with Gasteiger partial charge in [0, 0.05) is 24.1 Å². The van der Waals surface area contributed by atoms with Crippen LogP contribution >= 0.6 is 22.6 Å². The number of carbonyl (C=O) groups is 1. The Morgan fingerprint density at radius 1 is 1.58 bits per heavy atom. The Hall–Kier alpha value is -0.0300. The highest BCUT2D eigenvalue weighted by atomic mass is 33.1. The molecule has 0 aliphatic carbocycles. The van der Waals surface area contributed by atoms with Gasteiger partial charge in [-0.1, -0.05) is 25.5 Å². The van der Waals surface area contributed by atoms with E-state index in [4.69, 9.17) is 0 Å². The molecule has 70 valence electrons. The Morgan fingerprint density at radius 2 is 2.25 bits per heavy atom. The van der Waals surface area contributed by atoms with Gasteiger partial charge in [0.15, 0.2) is 0 Å². The number of thiol groups is 1. The van der Waals surface area contributed by atoms with Crippen molar-refractivity contribution in [3.63, 3.8) is 0 Å². The predicted octanol–water partition coefficient (Wildman–Crippen LogP) is 1.87. The molecule has 2 amide bonds. The van der Waals surface area contributed by atoms with Crippen LogP contribution in [0.1, 0.15) is 13.8 Å².